The highest BCUT2D eigenvalue weighted by Crippen LogP contribution is 2.40. The standard InChI is InChI=1S/C17H20N2O5S/c1-2-19-14-6-7-15(25(23,24)18(8-10-20)9-11-21)12-4-3-5-13(16(12)14)17(19)22/h3-7,20-21H,2,8-11H2,1H3. The minimum absolute atomic E-state index is 0.0701. The zero-order valence-electron chi connectivity index (χ0n) is 13.8. The maximum atomic E-state index is 13.0. The average molecular weight is 364 g/mol. The Bertz CT molecular complexity index is 920. The van der Waals surface area contributed by atoms with Crippen LogP contribution in [0.25, 0.3) is 10.8 Å². The Morgan fingerprint density at radius 2 is 1.76 bits per heavy atom. The first-order chi connectivity index (χ1) is 12.0. The van der Waals surface area contributed by atoms with Crippen molar-refractivity contribution in [3.05, 3.63) is 35.9 Å². The number of aliphatic hydroxyl groups is 2. The van der Waals surface area contributed by atoms with Crippen LogP contribution >= 0.6 is 0 Å². The van der Waals surface area contributed by atoms with Gasteiger partial charge >= 0.3 is 0 Å². The second-order valence-corrected chi connectivity index (χ2v) is 7.62. The highest BCUT2D eigenvalue weighted by atomic mass is 32.2. The predicted octanol–water partition coefficient (Wildman–Crippen LogP) is 0.795. The van der Waals surface area contributed by atoms with Crippen LogP contribution in [0.4, 0.5) is 5.69 Å². The van der Waals surface area contributed by atoms with Crippen molar-refractivity contribution in [2.24, 2.45) is 0 Å². The van der Waals surface area contributed by atoms with Crippen LogP contribution in [0.1, 0.15) is 17.3 Å². The van der Waals surface area contributed by atoms with Crippen LogP contribution in [0, 0.1) is 0 Å². The molecule has 1 amide bonds. The predicted molar refractivity (Wildman–Crippen MR) is 94.2 cm³/mol. The molecule has 1 heterocycles. The first kappa shape index (κ1) is 17.8. The normalized spacial score (nSPS) is 14.1. The Morgan fingerprint density at radius 3 is 2.36 bits per heavy atom. The number of anilines is 1. The fourth-order valence-corrected chi connectivity index (χ4v) is 4.88. The number of rotatable bonds is 7. The second-order valence-electron chi connectivity index (χ2n) is 5.71. The molecule has 25 heavy (non-hydrogen) atoms. The number of nitrogens with zero attached hydrogens (tertiary/aromatic N) is 2. The average Bonchev–Trinajstić information content (AvgIpc) is 2.88. The summed E-state index contributed by atoms with van der Waals surface area (Å²) in [6.45, 7) is 1.46. The fourth-order valence-electron chi connectivity index (χ4n) is 3.27. The SMILES string of the molecule is CCN1C(=O)c2cccc3c(S(=O)(=O)N(CCO)CCO)ccc1c23. The molecule has 3 rings (SSSR count). The molecular weight excluding hydrogens is 344 g/mol. The lowest BCUT2D eigenvalue weighted by Gasteiger charge is -2.22. The summed E-state index contributed by atoms with van der Waals surface area (Å²) in [6.07, 6.45) is 0. The molecule has 0 saturated carbocycles. The van der Waals surface area contributed by atoms with Gasteiger partial charge in [-0.1, -0.05) is 12.1 Å². The lowest BCUT2D eigenvalue weighted by Crippen LogP contribution is -2.36. The molecule has 1 aliphatic rings. The third kappa shape index (κ3) is 2.71. The molecule has 0 saturated heterocycles. The maximum absolute atomic E-state index is 13.0. The van der Waals surface area contributed by atoms with Crippen LogP contribution in [0.3, 0.4) is 0 Å². The Kier molecular flexibility index (Phi) is 4.79. The minimum Gasteiger partial charge on any atom is -0.395 e. The molecule has 0 aliphatic carbocycles. The molecule has 134 valence electrons. The molecule has 0 radical (unpaired) electrons. The summed E-state index contributed by atoms with van der Waals surface area (Å²) in [4.78, 5) is 14.2. The van der Waals surface area contributed by atoms with Crippen molar-refractivity contribution in [2.75, 3.05) is 37.7 Å². The van der Waals surface area contributed by atoms with E-state index in [0.29, 0.717) is 28.6 Å². The quantitative estimate of drug-likeness (QED) is 0.757. The van der Waals surface area contributed by atoms with Gasteiger partial charge in [-0.15, -0.1) is 0 Å². The van der Waals surface area contributed by atoms with Crippen molar-refractivity contribution in [2.45, 2.75) is 11.8 Å². The number of carbonyl (C=O) groups excluding carboxylic acids is 1. The van der Waals surface area contributed by atoms with Gasteiger partial charge in [0, 0.05) is 36.0 Å². The van der Waals surface area contributed by atoms with E-state index in [9.17, 15) is 13.2 Å². The molecule has 2 aromatic carbocycles. The Morgan fingerprint density at radius 1 is 1.08 bits per heavy atom. The topological polar surface area (TPSA) is 98.2 Å². The van der Waals surface area contributed by atoms with E-state index in [1.165, 1.54) is 6.07 Å². The molecule has 0 aromatic heterocycles. The third-order valence-corrected chi connectivity index (χ3v) is 6.33. The lowest BCUT2D eigenvalue weighted by atomic mass is 10.1. The van der Waals surface area contributed by atoms with Crippen molar-refractivity contribution >= 4 is 32.4 Å². The Labute approximate surface area is 146 Å². The second kappa shape index (κ2) is 6.72. The van der Waals surface area contributed by atoms with Gasteiger partial charge in [-0.2, -0.15) is 4.31 Å². The van der Waals surface area contributed by atoms with Crippen molar-refractivity contribution in [1.82, 2.24) is 4.31 Å². The minimum atomic E-state index is -3.92. The van der Waals surface area contributed by atoms with Gasteiger partial charge in [0.05, 0.1) is 23.8 Å². The van der Waals surface area contributed by atoms with E-state index >= 15 is 0 Å². The van der Waals surface area contributed by atoms with Crippen LogP contribution in [-0.2, 0) is 10.0 Å². The number of benzene rings is 2. The molecule has 2 aromatic rings. The number of aliphatic hydroxyl groups excluding tert-OH is 2. The largest absolute Gasteiger partial charge is 0.395 e. The zero-order valence-corrected chi connectivity index (χ0v) is 14.7. The number of amides is 1. The highest BCUT2D eigenvalue weighted by Gasteiger charge is 2.33. The van der Waals surface area contributed by atoms with Gasteiger partial charge in [0.25, 0.3) is 5.91 Å². The highest BCUT2D eigenvalue weighted by molar-refractivity contribution is 7.89. The van der Waals surface area contributed by atoms with Gasteiger partial charge in [0.2, 0.25) is 10.0 Å². The van der Waals surface area contributed by atoms with Crippen LogP contribution < -0.4 is 4.90 Å². The van der Waals surface area contributed by atoms with E-state index in [1.807, 2.05) is 6.92 Å². The number of hydrogen-bond acceptors (Lipinski definition) is 5. The molecule has 0 atom stereocenters. The van der Waals surface area contributed by atoms with E-state index in [4.69, 9.17) is 10.2 Å². The molecule has 8 heteroatoms. The van der Waals surface area contributed by atoms with Gasteiger partial charge in [-0.25, -0.2) is 8.42 Å². The Balaban J connectivity index is 2.23. The first-order valence-electron chi connectivity index (χ1n) is 8.06. The number of carbonyl (C=O) groups is 1. The molecule has 1 aliphatic heterocycles. The summed E-state index contributed by atoms with van der Waals surface area (Å²) in [5, 5.41) is 19.4. The van der Waals surface area contributed by atoms with E-state index in [-0.39, 0.29) is 37.1 Å². The maximum Gasteiger partial charge on any atom is 0.258 e. The van der Waals surface area contributed by atoms with Gasteiger partial charge in [0.15, 0.2) is 0 Å². The summed E-state index contributed by atoms with van der Waals surface area (Å²) < 4.78 is 27.1. The molecule has 2 N–H and O–H groups in total. The molecule has 0 unspecified atom stereocenters. The van der Waals surface area contributed by atoms with Crippen molar-refractivity contribution in [3.63, 3.8) is 0 Å². The van der Waals surface area contributed by atoms with Gasteiger partial charge in [-0.3, -0.25) is 4.79 Å². The molecule has 0 bridgehead atoms. The van der Waals surface area contributed by atoms with E-state index < -0.39 is 10.0 Å². The Hall–Kier alpha value is -2.00. The van der Waals surface area contributed by atoms with Crippen LogP contribution in [0.5, 0.6) is 0 Å². The molecule has 0 spiro atoms. The van der Waals surface area contributed by atoms with E-state index in [1.54, 1.807) is 29.2 Å². The van der Waals surface area contributed by atoms with Gasteiger partial charge < -0.3 is 15.1 Å². The molecule has 0 fully saturated rings. The zero-order chi connectivity index (χ0) is 18.2. The van der Waals surface area contributed by atoms with Crippen molar-refractivity contribution in [3.8, 4) is 0 Å². The van der Waals surface area contributed by atoms with E-state index in [0.717, 1.165) is 4.31 Å². The summed E-state index contributed by atoms with van der Waals surface area (Å²) in [5.74, 6) is -0.139. The van der Waals surface area contributed by atoms with Gasteiger partial charge in [0.1, 0.15) is 0 Å². The number of hydrogen-bond donors (Lipinski definition) is 2. The van der Waals surface area contributed by atoms with E-state index in [2.05, 4.69) is 0 Å². The lowest BCUT2D eigenvalue weighted by molar-refractivity contribution is 0.0994. The summed E-state index contributed by atoms with van der Waals surface area (Å²) in [6, 6.07) is 8.17. The number of sulfonamides is 1. The third-order valence-electron chi connectivity index (χ3n) is 4.38. The smallest absolute Gasteiger partial charge is 0.258 e. The van der Waals surface area contributed by atoms with Crippen LogP contribution in [0.2, 0.25) is 0 Å². The molecular formula is C17H20N2O5S. The van der Waals surface area contributed by atoms with Crippen molar-refractivity contribution < 1.29 is 23.4 Å². The first-order valence-corrected chi connectivity index (χ1v) is 9.50. The van der Waals surface area contributed by atoms with Crippen molar-refractivity contribution in [1.29, 1.82) is 0 Å². The summed E-state index contributed by atoms with van der Waals surface area (Å²) in [7, 11) is -3.92. The van der Waals surface area contributed by atoms with Crippen LogP contribution in [0.15, 0.2) is 35.2 Å². The summed E-state index contributed by atoms with van der Waals surface area (Å²) in [5.41, 5.74) is 1.19. The van der Waals surface area contributed by atoms with Gasteiger partial charge in [-0.05, 0) is 25.1 Å². The van der Waals surface area contributed by atoms with Crippen LogP contribution in [-0.4, -0.2) is 61.7 Å². The fraction of sp³-hybridized carbons (Fsp3) is 0.353. The monoisotopic (exact) mass is 364 g/mol. The molecule has 7 nitrogen and oxygen atoms in total. The summed E-state index contributed by atoms with van der Waals surface area (Å²) >= 11 is 0.